The van der Waals surface area contributed by atoms with Crippen LogP contribution in [0.2, 0.25) is 0 Å². The van der Waals surface area contributed by atoms with Crippen LogP contribution in [0.25, 0.3) is 0 Å². The Labute approximate surface area is 117 Å². The van der Waals surface area contributed by atoms with E-state index in [0.29, 0.717) is 5.69 Å². The number of nitrogens with one attached hydrogen (secondary N) is 1. The molecule has 2 nitrogen and oxygen atoms in total. The average Bonchev–Trinajstić information content (AvgIpc) is 2.43. The molecule has 0 heterocycles. The summed E-state index contributed by atoms with van der Waals surface area (Å²) < 4.78 is 26.5. The quantitative estimate of drug-likeness (QED) is 0.811. The number of halogens is 2. The van der Waals surface area contributed by atoms with E-state index >= 15 is 0 Å². The summed E-state index contributed by atoms with van der Waals surface area (Å²) in [6.07, 6.45) is 1.74. The van der Waals surface area contributed by atoms with Gasteiger partial charge in [0.05, 0.1) is 11.4 Å². The van der Waals surface area contributed by atoms with Crippen molar-refractivity contribution in [1.29, 1.82) is 0 Å². The molecule has 0 saturated carbocycles. The molecule has 1 unspecified atom stereocenters. The second-order valence-electron chi connectivity index (χ2n) is 4.92. The Balaban J connectivity index is 1.96. The molecule has 0 aliphatic carbocycles. The number of nitrogen functional groups attached to an aromatic ring is 1. The smallest absolute Gasteiger partial charge is 0.151 e. The SMILES string of the molecule is CC(CCc1ccccc1)Nc1cc(F)cc(F)c1N. The largest absolute Gasteiger partial charge is 0.395 e. The van der Waals surface area contributed by atoms with Gasteiger partial charge in [0.2, 0.25) is 0 Å². The highest BCUT2D eigenvalue weighted by molar-refractivity contribution is 5.67. The normalized spacial score (nSPS) is 12.2. The first kappa shape index (κ1) is 14.3. The van der Waals surface area contributed by atoms with Crippen LogP contribution in [-0.4, -0.2) is 6.04 Å². The van der Waals surface area contributed by atoms with Crippen molar-refractivity contribution in [3.05, 3.63) is 59.7 Å². The van der Waals surface area contributed by atoms with E-state index in [1.807, 2.05) is 25.1 Å². The highest BCUT2D eigenvalue weighted by Crippen LogP contribution is 2.24. The van der Waals surface area contributed by atoms with Gasteiger partial charge in [-0.3, -0.25) is 0 Å². The van der Waals surface area contributed by atoms with Crippen molar-refractivity contribution in [3.63, 3.8) is 0 Å². The van der Waals surface area contributed by atoms with E-state index in [0.717, 1.165) is 18.9 Å². The van der Waals surface area contributed by atoms with Crippen molar-refractivity contribution < 1.29 is 8.78 Å². The maximum absolute atomic E-state index is 13.3. The van der Waals surface area contributed by atoms with Gasteiger partial charge in [0.25, 0.3) is 0 Å². The number of aryl methyl sites for hydroxylation is 1. The van der Waals surface area contributed by atoms with Crippen molar-refractivity contribution in [2.75, 3.05) is 11.1 Å². The lowest BCUT2D eigenvalue weighted by atomic mass is 10.1. The first-order valence-electron chi connectivity index (χ1n) is 6.61. The fourth-order valence-corrected chi connectivity index (χ4v) is 2.07. The molecular formula is C16H18F2N2. The molecule has 0 amide bonds. The average molecular weight is 276 g/mol. The molecule has 4 heteroatoms. The van der Waals surface area contributed by atoms with E-state index in [4.69, 9.17) is 5.73 Å². The molecule has 1 atom stereocenters. The zero-order valence-corrected chi connectivity index (χ0v) is 11.4. The van der Waals surface area contributed by atoms with Crippen LogP contribution in [0.1, 0.15) is 18.9 Å². The number of benzene rings is 2. The molecule has 2 aromatic carbocycles. The molecule has 0 radical (unpaired) electrons. The predicted molar refractivity (Wildman–Crippen MR) is 78.6 cm³/mol. The molecule has 2 rings (SSSR count). The predicted octanol–water partition coefficient (Wildman–Crippen LogP) is 3.98. The third kappa shape index (κ3) is 3.70. The van der Waals surface area contributed by atoms with E-state index in [9.17, 15) is 8.78 Å². The lowest BCUT2D eigenvalue weighted by molar-refractivity contribution is 0.586. The van der Waals surface area contributed by atoms with Crippen LogP contribution >= 0.6 is 0 Å². The maximum Gasteiger partial charge on any atom is 0.151 e. The summed E-state index contributed by atoms with van der Waals surface area (Å²) in [5.41, 5.74) is 7.10. The Morgan fingerprint density at radius 1 is 1.15 bits per heavy atom. The van der Waals surface area contributed by atoms with Gasteiger partial charge in [-0.25, -0.2) is 8.78 Å². The van der Waals surface area contributed by atoms with Crippen LogP contribution in [0.4, 0.5) is 20.2 Å². The van der Waals surface area contributed by atoms with Crippen LogP contribution < -0.4 is 11.1 Å². The number of rotatable bonds is 5. The van der Waals surface area contributed by atoms with Crippen LogP contribution in [0.3, 0.4) is 0 Å². The fourth-order valence-electron chi connectivity index (χ4n) is 2.07. The first-order chi connectivity index (χ1) is 9.56. The first-order valence-corrected chi connectivity index (χ1v) is 6.61. The minimum Gasteiger partial charge on any atom is -0.395 e. The minimum atomic E-state index is -0.734. The molecule has 3 N–H and O–H groups in total. The maximum atomic E-state index is 13.3. The summed E-state index contributed by atoms with van der Waals surface area (Å²) >= 11 is 0. The summed E-state index contributed by atoms with van der Waals surface area (Å²) in [5, 5.41) is 3.06. The molecule has 0 saturated heterocycles. The van der Waals surface area contributed by atoms with Crippen LogP contribution in [0.5, 0.6) is 0 Å². The Kier molecular flexibility index (Phi) is 4.56. The monoisotopic (exact) mass is 276 g/mol. The fraction of sp³-hybridized carbons (Fsp3) is 0.250. The molecular weight excluding hydrogens is 258 g/mol. The highest BCUT2D eigenvalue weighted by atomic mass is 19.1. The number of hydrogen-bond acceptors (Lipinski definition) is 2. The van der Waals surface area contributed by atoms with Gasteiger partial charge in [-0.2, -0.15) is 0 Å². The summed E-state index contributed by atoms with van der Waals surface area (Å²) in [6.45, 7) is 1.96. The van der Waals surface area contributed by atoms with Crippen LogP contribution in [0.15, 0.2) is 42.5 Å². The van der Waals surface area contributed by atoms with Crippen molar-refractivity contribution in [3.8, 4) is 0 Å². The molecule has 0 spiro atoms. The number of nitrogens with two attached hydrogens (primary N) is 1. The second-order valence-corrected chi connectivity index (χ2v) is 4.92. The minimum absolute atomic E-state index is 0.0436. The van der Waals surface area contributed by atoms with Gasteiger partial charge < -0.3 is 11.1 Å². The number of hydrogen-bond donors (Lipinski definition) is 2. The summed E-state index contributed by atoms with van der Waals surface area (Å²) in [6, 6.07) is 12.2. The molecule has 0 aromatic heterocycles. The zero-order valence-electron chi connectivity index (χ0n) is 11.4. The van der Waals surface area contributed by atoms with E-state index in [1.54, 1.807) is 0 Å². The van der Waals surface area contributed by atoms with E-state index < -0.39 is 11.6 Å². The van der Waals surface area contributed by atoms with Gasteiger partial charge in [-0.1, -0.05) is 30.3 Å². The Morgan fingerprint density at radius 2 is 1.85 bits per heavy atom. The standard InChI is InChI=1S/C16H18F2N2/c1-11(7-8-12-5-3-2-4-6-12)20-15-10-13(17)9-14(18)16(15)19/h2-6,9-11,20H,7-8,19H2,1H3. The lowest BCUT2D eigenvalue weighted by Gasteiger charge is -2.17. The van der Waals surface area contributed by atoms with Crippen molar-refractivity contribution in [1.82, 2.24) is 0 Å². The molecule has 0 aliphatic heterocycles. The molecule has 0 fully saturated rings. The lowest BCUT2D eigenvalue weighted by Crippen LogP contribution is -2.17. The van der Waals surface area contributed by atoms with Crippen molar-refractivity contribution in [2.45, 2.75) is 25.8 Å². The highest BCUT2D eigenvalue weighted by Gasteiger charge is 2.10. The van der Waals surface area contributed by atoms with Crippen molar-refractivity contribution >= 4 is 11.4 Å². The second kappa shape index (κ2) is 6.37. The molecule has 0 bridgehead atoms. The molecule has 2 aromatic rings. The van der Waals surface area contributed by atoms with Gasteiger partial charge >= 0.3 is 0 Å². The molecule has 106 valence electrons. The molecule has 20 heavy (non-hydrogen) atoms. The third-order valence-electron chi connectivity index (χ3n) is 3.21. The topological polar surface area (TPSA) is 38.0 Å². The summed E-state index contributed by atoms with van der Waals surface area (Å²) in [5.74, 6) is -1.36. The third-order valence-corrected chi connectivity index (χ3v) is 3.21. The van der Waals surface area contributed by atoms with E-state index in [2.05, 4.69) is 17.4 Å². The van der Waals surface area contributed by atoms with E-state index in [-0.39, 0.29) is 11.7 Å². The van der Waals surface area contributed by atoms with E-state index in [1.165, 1.54) is 11.6 Å². The molecule has 0 aliphatic rings. The van der Waals surface area contributed by atoms with Gasteiger partial charge in [0.15, 0.2) is 5.82 Å². The number of anilines is 2. The van der Waals surface area contributed by atoms with Crippen molar-refractivity contribution in [2.24, 2.45) is 0 Å². The summed E-state index contributed by atoms with van der Waals surface area (Å²) in [7, 11) is 0. The van der Waals surface area contributed by atoms with Crippen LogP contribution in [-0.2, 0) is 6.42 Å². The Morgan fingerprint density at radius 3 is 2.55 bits per heavy atom. The van der Waals surface area contributed by atoms with Gasteiger partial charge in [-0.05, 0) is 31.4 Å². The van der Waals surface area contributed by atoms with Gasteiger partial charge in [0, 0.05) is 12.1 Å². The van der Waals surface area contributed by atoms with Crippen LogP contribution in [0, 0.1) is 11.6 Å². The summed E-state index contributed by atoms with van der Waals surface area (Å²) in [4.78, 5) is 0. The zero-order chi connectivity index (χ0) is 14.5. The van der Waals surface area contributed by atoms with Gasteiger partial charge in [0.1, 0.15) is 5.82 Å². The van der Waals surface area contributed by atoms with Gasteiger partial charge in [-0.15, -0.1) is 0 Å². The Bertz CT molecular complexity index is 570. The Hall–Kier alpha value is -2.10.